The summed E-state index contributed by atoms with van der Waals surface area (Å²) < 4.78 is 52.8. The molecule has 28 heavy (non-hydrogen) atoms. The summed E-state index contributed by atoms with van der Waals surface area (Å²) in [4.78, 5) is 16.1. The van der Waals surface area contributed by atoms with Gasteiger partial charge in [0, 0.05) is 18.3 Å². The molecule has 0 amide bonds. The lowest BCUT2D eigenvalue weighted by Crippen LogP contribution is -2.44. The van der Waals surface area contributed by atoms with E-state index in [4.69, 9.17) is 23.8 Å². The van der Waals surface area contributed by atoms with Crippen LogP contribution in [0.4, 0.5) is 23.2 Å². The average molecular weight is 432 g/mol. The zero-order valence-corrected chi connectivity index (χ0v) is 15.8. The molecule has 10 heteroatoms. The van der Waals surface area contributed by atoms with Gasteiger partial charge in [0.05, 0.1) is 22.3 Å². The van der Waals surface area contributed by atoms with Crippen LogP contribution >= 0.6 is 23.8 Å². The van der Waals surface area contributed by atoms with Crippen molar-refractivity contribution in [3.8, 4) is 0 Å². The number of fused-ring (bicyclic) bond motifs is 4. The highest BCUT2D eigenvalue weighted by Crippen LogP contribution is 2.43. The average Bonchev–Trinajstić information content (AvgIpc) is 2.92. The second-order valence-corrected chi connectivity index (χ2v) is 7.67. The van der Waals surface area contributed by atoms with E-state index in [1.807, 2.05) is 4.90 Å². The van der Waals surface area contributed by atoms with Crippen molar-refractivity contribution in [3.63, 3.8) is 0 Å². The number of aromatic nitrogens is 1. The number of benzene rings is 1. The fraction of sp³-hybridized carbons (Fsp3) is 0.333. The van der Waals surface area contributed by atoms with Gasteiger partial charge >= 0.3 is 6.18 Å². The number of halogens is 5. The van der Waals surface area contributed by atoms with Gasteiger partial charge < -0.3 is 15.2 Å². The minimum absolute atomic E-state index is 0.0345. The Morgan fingerprint density at radius 2 is 2.04 bits per heavy atom. The lowest BCUT2D eigenvalue weighted by Gasteiger charge is -2.38. The number of aromatic amines is 1. The third-order valence-corrected chi connectivity index (χ3v) is 5.83. The zero-order valence-electron chi connectivity index (χ0n) is 14.2. The molecule has 1 saturated heterocycles. The number of thiocarbonyl (C=S) groups is 1. The first-order valence-electron chi connectivity index (χ1n) is 8.52. The second kappa shape index (κ2) is 6.73. The van der Waals surface area contributed by atoms with E-state index in [0.717, 1.165) is 30.0 Å². The largest absolute Gasteiger partial charge is 0.417 e. The summed E-state index contributed by atoms with van der Waals surface area (Å²) in [6, 6.07) is 2.77. The predicted molar refractivity (Wildman–Crippen MR) is 101 cm³/mol. The summed E-state index contributed by atoms with van der Waals surface area (Å²) in [5.74, 6) is -1.09. The molecule has 2 N–H and O–H groups in total. The van der Waals surface area contributed by atoms with E-state index < -0.39 is 22.6 Å². The molecule has 1 aromatic heterocycles. The number of alkyl halides is 3. The van der Waals surface area contributed by atoms with Crippen molar-refractivity contribution < 1.29 is 17.6 Å². The lowest BCUT2D eigenvalue weighted by molar-refractivity contribution is -0.137. The van der Waals surface area contributed by atoms with Crippen LogP contribution in [0.25, 0.3) is 0 Å². The third-order valence-electron chi connectivity index (χ3n) is 5.20. The minimum Gasteiger partial charge on any atom is -0.339 e. The van der Waals surface area contributed by atoms with Crippen LogP contribution in [0, 0.1) is 5.82 Å². The quantitative estimate of drug-likeness (QED) is 0.510. The smallest absolute Gasteiger partial charge is 0.339 e. The number of anilines is 1. The predicted octanol–water partition coefficient (Wildman–Crippen LogP) is 4.64. The molecule has 0 aliphatic carbocycles. The summed E-state index contributed by atoms with van der Waals surface area (Å²) in [5.41, 5.74) is 0.282. The van der Waals surface area contributed by atoms with Gasteiger partial charge in [0.15, 0.2) is 5.11 Å². The fourth-order valence-electron chi connectivity index (χ4n) is 4.00. The van der Waals surface area contributed by atoms with Crippen molar-refractivity contribution in [2.24, 2.45) is 0 Å². The summed E-state index contributed by atoms with van der Waals surface area (Å²) >= 11 is 11.1. The first-order chi connectivity index (χ1) is 13.1. The molecule has 2 aliphatic heterocycles. The monoisotopic (exact) mass is 431 g/mol. The molecule has 4 nitrogen and oxygen atoms in total. The molecular weight excluding hydrogens is 418 g/mol. The molecule has 0 radical (unpaired) electrons. The Morgan fingerprint density at radius 1 is 1.29 bits per heavy atom. The molecule has 2 atom stereocenters. The highest BCUT2D eigenvalue weighted by atomic mass is 35.5. The molecule has 2 unspecified atom stereocenters. The second-order valence-electron chi connectivity index (χ2n) is 6.88. The van der Waals surface area contributed by atoms with Gasteiger partial charge in [0.25, 0.3) is 0 Å². The molecule has 1 aromatic carbocycles. The van der Waals surface area contributed by atoms with Crippen LogP contribution in [0.1, 0.15) is 35.6 Å². The van der Waals surface area contributed by atoms with Crippen LogP contribution in [0.5, 0.6) is 0 Å². The Labute approximate surface area is 167 Å². The van der Waals surface area contributed by atoms with Crippen molar-refractivity contribution >= 4 is 34.6 Å². The molecule has 0 saturated carbocycles. The van der Waals surface area contributed by atoms with Crippen LogP contribution in [-0.2, 0) is 12.6 Å². The number of H-pyrrole nitrogens is 1. The Morgan fingerprint density at radius 3 is 2.75 bits per heavy atom. The molecule has 2 aromatic rings. The summed E-state index contributed by atoms with van der Waals surface area (Å²) in [6.07, 6.45) is -0.820. The van der Waals surface area contributed by atoms with Crippen molar-refractivity contribution in [1.29, 1.82) is 0 Å². The maximum absolute atomic E-state index is 14.2. The van der Waals surface area contributed by atoms with E-state index in [-0.39, 0.29) is 28.4 Å². The number of pyridine rings is 1. The summed E-state index contributed by atoms with van der Waals surface area (Å²) in [6.45, 7) is 0. The topological polar surface area (TPSA) is 48.1 Å². The first kappa shape index (κ1) is 19.2. The Balaban J connectivity index is 1.61. The Kier molecular flexibility index (Phi) is 4.62. The van der Waals surface area contributed by atoms with Gasteiger partial charge in [-0.2, -0.15) is 13.2 Å². The van der Waals surface area contributed by atoms with E-state index in [0.29, 0.717) is 12.5 Å². The molecule has 2 bridgehead atoms. The third kappa shape index (κ3) is 3.26. The summed E-state index contributed by atoms with van der Waals surface area (Å²) in [7, 11) is 0. The number of rotatable bonds is 1. The maximum atomic E-state index is 14.2. The van der Waals surface area contributed by atoms with Crippen molar-refractivity contribution in [2.75, 3.05) is 5.32 Å². The number of hydrogen-bond acceptors (Lipinski definition) is 2. The molecule has 2 aliphatic rings. The molecule has 3 heterocycles. The van der Waals surface area contributed by atoms with Gasteiger partial charge in [-0.05, 0) is 54.7 Å². The number of hydrogen-bond donors (Lipinski definition) is 2. The highest BCUT2D eigenvalue weighted by molar-refractivity contribution is 7.80. The molecular formula is C18H14ClF4N3OS. The zero-order chi connectivity index (χ0) is 20.2. The van der Waals surface area contributed by atoms with Crippen LogP contribution in [0.15, 0.2) is 29.2 Å². The maximum Gasteiger partial charge on any atom is 0.417 e. The van der Waals surface area contributed by atoms with Crippen LogP contribution < -0.4 is 10.9 Å². The van der Waals surface area contributed by atoms with Gasteiger partial charge in [0.2, 0.25) is 5.56 Å². The molecule has 4 rings (SSSR count). The SMILES string of the molecule is O=c1cc2c(c[nH]1)C1CCC(C2)N1C(=S)Nc1cc(Cl)c(C(F)(F)F)cc1F. The number of nitrogens with zero attached hydrogens (tertiary/aromatic N) is 1. The van der Waals surface area contributed by atoms with Crippen molar-refractivity contribution in [3.05, 3.63) is 62.3 Å². The molecule has 1 fully saturated rings. The minimum atomic E-state index is -4.75. The van der Waals surface area contributed by atoms with Crippen molar-refractivity contribution in [2.45, 2.75) is 37.5 Å². The molecule has 148 valence electrons. The molecule has 0 spiro atoms. The standard InChI is InChI=1S/C18H14ClF4N3OS/c19-12-6-14(13(20)5-11(12)18(21,22)23)25-17(28)26-9-1-2-15(26)10-7-24-16(27)4-8(10)3-9/h4-7,9,15H,1-3H2,(H,24,27)(H,25,28). The van der Waals surface area contributed by atoms with Gasteiger partial charge in [-0.3, -0.25) is 4.79 Å². The first-order valence-corrected chi connectivity index (χ1v) is 9.31. The van der Waals surface area contributed by atoms with E-state index >= 15 is 0 Å². The van der Waals surface area contributed by atoms with E-state index in [9.17, 15) is 22.4 Å². The van der Waals surface area contributed by atoms with Crippen LogP contribution in [-0.4, -0.2) is 21.0 Å². The van der Waals surface area contributed by atoms with Gasteiger partial charge in [-0.1, -0.05) is 11.6 Å². The Hall–Kier alpha value is -2.13. The summed E-state index contributed by atoms with van der Waals surface area (Å²) in [5, 5.41) is 2.30. The van der Waals surface area contributed by atoms with E-state index in [1.165, 1.54) is 0 Å². The van der Waals surface area contributed by atoms with Gasteiger partial charge in [-0.15, -0.1) is 0 Å². The van der Waals surface area contributed by atoms with Crippen LogP contribution in [0.2, 0.25) is 5.02 Å². The normalized spacial score (nSPS) is 20.8. The van der Waals surface area contributed by atoms with E-state index in [1.54, 1.807) is 12.3 Å². The fourth-order valence-corrected chi connectivity index (χ4v) is 4.66. The van der Waals surface area contributed by atoms with Gasteiger partial charge in [0.1, 0.15) is 5.82 Å². The Bertz CT molecular complexity index is 1020. The number of nitrogens with one attached hydrogen (secondary N) is 2. The van der Waals surface area contributed by atoms with Crippen molar-refractivity contribution in [1.82, 2.24) is 9.88 Å². The lowest BCUT2D eigenvalue weighted by atomic mass is 9.95. The highest BCUT2D eigenvalue weighted by Gasteiger charge is 2.41. The van der Waals surface area contributed by atoms with Crippen LogP contribution in [0.3, 0.4) is 0 Å². The van der Waals surface area contributed by atoms with Gasteiger partial charge in [-0.25, -0.2) is 4.39 Å². The van der Waals surface area contributed by atoms with E-state index in [2.05, 4.69) is 10.3 Å².